The van der Waals surface area contributed by atoms with Crippen LogP contribution in [0.25, 0.3) is 0 Å². The highest BCUT2D eigenvalue weighted by molar-refractivity contribution is 6.32. The average Bonchev–Trinajstić information content (AvgIpc) is 2.20. The maximum Gasteiger partial charge on any atom is 0.384 e. The first-order chi connectivity index (χ1) is 7.04. The minimum atomic E-state index is -0.783. The summed E-state index contributed by atoms with van der Waals surface area (Å²) < 4.78 is 17.1. The van der Waals surface area contributed by atoms with Gasteiger partial charge in [0.1, 0.15) is 11.6 Å². The van der Waals surface area contributed by atoms with Gasteiger partial charge in [-0.2, -0.15) is 0 Å². The van der Waals surface area contributed by atoms with Crippen LogP contribution in [0.5, 0.6) is 5.75 Å². The van der Waals surface area contributed by atoms with Crippen molar-refractivity contribution in [3.8, 4) is 17.6 Å². The molecule has 0 aliphatic carbocycles. The lowest BCUT2D eigenvalue weighted by molar-refractivity contribution is -0.133. The van der Waals surface area contributed by atoms with Gasteiger partial charge in [0.2, 0.25) is 0 Å². The zero-order chi connectivity index (χ0) is 11.4. The number of aromatic hydroxyl groups is 1. The lowest BCUT2D eigenvalue weighted by Gasteiger charge is -1.99. The molecule has 78 valence electrons. The molecule has 0 aliphatic rings. The zero-order valence-electron chi connectivity index (χ0n) is 7.67. The highest BCUT2D eigenvalue weighted by Crippen LogP contribution is 2.27. The van der Waals surface area contributed by atoms with Crippen LogP contribution in [0, 0.1) is 17.7 Å². The van der Waals surface area contributed by atoms with Gasteiger partial charge in [-0.3, -0.25) is 0 Å². The molecule has 0 amide bonds. The number of ether oxygens (including phenoxy) is 1. The summed E-state index contributed by atoms with van der Waals surface area (Å²) in [6.45, 7) is 0. The van der Waals surface area contributed by atoms with Crippen LogP contribution in [0.15, 0.2) is 12.1 Å². The Morgan fingerprint density at radius 1 is 1.60 bits per heavy atom. The molecule has 0 heterocycles. The van der Waals surface area contributed by atoms with Gasteiger partial charge in [0, 0.05) is 5.92 Å². The molecule has 0 saturated carbocycles. The molecule has 0 bridgehead atoms. The Morgan fingerprint density at radius 2 is 2.27 bits per heavy atom. The number of benzene rings is 1. The van der Waals surface area contributed by atoms with Crippen molar-refractivity contribution in [3.63, 3.8) is 0 Å². The third kappa shape index (κ3) is 2.86. The van der Waals surface area contributed by atoms with Crippen LogP contribution >= 0.6 is 11.6 Å². The Labute approximate surface area is 90.4 Å². The van der Waals surface area contributed by atoms with Gasteiger partial charge >= 0.3 is 5.97 Å². The maximum atomic E-state index is 12.8. The summed E-state index contributed by atoms with van der Waals surface area (Å²) in [4.78, 5) is 10.7. The first-order valence-corrected chi connectivity index (χ1v) is 4.20. The monoisotopic (exact) mass is 228 g/mol. The summed E-state index contributed by atoms with van der Waals surface area (Å²) in [5.41, 5.74) is -0.0644. The van der Waals surface area contributed by atoms with Gasteiger partial charge in [0.15, 0.2) is 0 Å². The van der Waals surface area contributed by atoms with Crippen molar-refractivity contribution in [2.75, 3.05) is 7.11 Å². The normalized spacial score (nSPS) is 9.00. The van der Waals surface area contributed by atoms with Gasteiger partial charge in [-0.1, -0.05) is 17.5 Å². The molecule has 0 saturated heterocycles. The van der Waals surface area contributed by atoms with E-state index in [-0.39, 0.29) is 16.3 Å². The van der Waals surface area contributed by atoms with Crippen LogP contribution in [-0.4, -0.2) is 18.2 Å². The van der Waals surface area contributed by atoms with Gasteiger partial charge in [-0.25, -0.2) is 9.18 Å². The van der Waals surface area contributed by atoms with Crippen molar-refractivity contribution in [1.82, 2.24) is 0 Å². The van der Waals surface area contributed by atoms with Crippen LogP contribution in [0.2, 0.25) is 5.02 Å². The number of methoxy groups -OCH3 is 1. The summed E-state index contributed by atoms with van der Waals surface area (Å²) in [5.74, 6) is 2.50. The number of carbonyl (C=O) groups excluding carboxylic acids is 1. The molecular weight excluding hydrogens is 223 g/mol. The number of phenolic OH excluding ortho intramolecular Hbond substituents is 1. The topological polar surface area (TPSA) is 46.5 Å². The molecule has 5 heteroatoms. The number of hydrogen-bond acceptors (Lipinski definition) is 3. The molecule has 1 aromatic rings. The summed E-state index contributed by atoms with van der Waals surface area (Å²) in [6.07, 6.45) is 0. The van der Waals surface area contributed by atoms with Crippen LogP contribution in [0.1, 0.15) is 5.56 Å². The molecular formula is C10H6ClFO3. The van der Waals surface area contributed by atoms with Gasteiger partial charge in [-0.15, -0.1) is 0 Å². The fraction of sp³-hybridized carbons (Fsp3) is 0.100. The van der Waals surface area contributed by atoms with E-state index in [2.05, 4.69) is 10.7 Å². The second kappa shape index (κ2) is 4.67. The fourth-order valence-electron chi connectivity index (χ4n) is 0.831. The van der Waals surface area contributed by atoms with Crippen LogP contribution in [0.4, 0.5) is 4.39 Å². The first-order valence-electron chi connectivity index (χ1n) is 3.82. The molecule has 0 atom stereocenters. The van der Waals surface area contributed by atoms with Crippen LogP contribution < -0.4 is 0 Å². The molecule has 0 fully saturated rings. The fourth-order valence-corrected chi connectivity index (χ4v) is 1.04. The van der Waals surface area contributed by atoms with Crippen molar-refractivity contribution in [3.05, 3.63) is 28.5 Å². The lowest BCUT2D eigenvalue weighted by atomic mass is 10.2. The first kappa shape index (κ1) is 11.3. The van der Waals surface area contributed by atoms with Crippen molar-refractivity contribution >= 4 is 17.6 Å². The van der Waals surface area contributed by atoms with E-state index in [0.717, 1.165) is 19.2 Å². The predicted molar refractivity (Wildman–Crippen MR) is 52.0 cm³/mol. The molecule has 0 spiro atoms. The molecule has 0 aromatic heterocycles. The standard InChI is InChI=1S/C10H6ClFO3/c1-15-9(13)3-2-6-4-7(12)5-8(11)10(6)14/h4-5,14H,1H3. The Balaban J connectivity index is 3.13. The second-order valence-corrected chi connectivity index (χ2v) is 2.93. The number of rotatable bonds is 0. The minimum Gasteiger partial charge on any atom is -0.505 e. The number of esters is 1. The highest BCUT2D eigenvalue weighted by atomic mass is 35.5. The molecule has 3 nitrogen and oxygen atoms in total. The lowest BCUT2D eigenvalue weighted by Crippen LogP contribution is -1.94. The Bertz CT molecular complexity index is 460. The third-order valence-corrected chi connectivity index (χ3v) is 1.80. The van der Waals surface area contributed by atoms with Gasteiger partial charge in [0.05, 0.1) is 17.7 Å². The van der Waals surface area contributed by atoms with Gasteiger partial charge in [0.25, 0.3) is 0 Å². The average molecular weight is 229 g/mol. The maximum absolute atomic E-state index is 12.8. The SMILES string of the molecule is COC(=O)C#Cc1cc(F)cc(Cl)c1O. The zero-order valence-corrected chi connectivity index (χ0v) is 8.43. The third-order valence-electron chi connectivity index (χ3n) is 1.51. The van der Waals surface area contributed by atoms with Crippen LogP contribution in [0.3, 0.4) is 0 Å². The largest absolute Gasteiger partial charge is 0.505 e. The van der Waals surface area contributed by atoms with E-state index in [1.807, 2.05) is 5.92 Å². The number of hydrogen-bond donors (Lipinski definition) is 1. The van der Waals surface area contributed by atoms with E-state index in [9.17, 15) is 14.3 Å². The summed E-state index contributed by atoms with van der Waals surface area (Å²) >= 11 is 5.49. The number of carbonyl (C=O) groups is 1. The van der Waals surface area contributed by atoms with Crippen molar-refractivity contribution in [2.24, 2.45) is 0 Å². The van der Waals surface area contributed by atoms with E-state index in [1.165, 1.54) is 0 Å². The predicted octanol–water partition coefficient (Wildman–Crippen LogP) is 1.71. The summed E-state index contributed by atoms with van der Waals surface area (Å²) in [7, 11) is 1.16. The molecule has 1 rings (SSSR count). The molecule has 1 aromatic carbocycles. The molecule has 15 heavy (non-hydrogen) atoms. The van der Waals surface area contributed by atoms with E-state index < -0.39 is 11.8 Å². The van der Waals surface area contributed by atoms with E-state index in [4.69, 9.17) is 11.6 Å². The Hall–Kier alpha value is -1.73. The summed E-state index contributed by atoms with van der Waals surface area (Å²) in [6, 6.07) is 1.91. The second-order valence-electron chi connectivity index (χ2n) is 2.53. The molecule has 0 aliphatic heterocycles. The number of phenols is 1. The van der Waals surface area contributed by atoms with E-state index >= 15 is 0 Å². The van der Waals surface area contributed by atoms with Crippen molar-refractivity contribution in [2.45, 2.75) is 0 Å². The molecule has 0 unspecified atom stereocenters. The van der Waals surface area contributed by atoms with Crippen molar-refractivity contribution in [1.29, 1.82) is 0 Å². The highest BCUT2D eigenvalue weighted by Gasteiger charge is 2.06. The molecule has 0 radical (unpaired) electrons. The van der Waals surface area contributed by atoms with E-state index in [0.29, 0.717) is 0 Å². The number of halogens is 2. The molecule has 1 N–H and O–H groups in total. The van der Waals surface area contributed by atoms with Gasteiger partial charge in [-0.05, 0) is 12.1 Å². The van der Waals surface area contributed by atoms with E-state index in [1.54, 1.807) is 0 Å². The minimum absolute atomic E-state index is 0.0644. The quantitative estimate of drug-likeness (QED) is 0.543. The Kier molecular flexibility index (Phi) is 3.53. The Morgan fingerprint density at radius 3 is 2.87 bits per heavy atom. The van der Waals surface area contributed by atoms with Crippen molar-refractivity contribution < 1.29 is 19.0 Å². The van der Waals surface area contributed by atoms with Gasteiger partial charge < -0.3 is 9.84 Å². The summed E-state index contributed by atoms with van der Waals surface area (Å²) in [5, 5.41) is 9.19. The smallest absolute Gasteiger partial charge is 0.384 e. The van der Waals surface area contributed by atoms with Crippen LogP contribution in [-0.2, 0) is 9.53 Å².